The summed E-state index contributed by atoms with van der Waals surface area (Å²) < 4.78 is 21.7. The van der Waals surface area contributed by atoms with E-state index >= 15 is 0 Å². The molecule has 0 amide bonds. The monoisotopic (exact) mass is 385 g/mol. The molecule has 4 aromatic rings. The summed E-state index contributed by atoms with van der Waals surface area (Å²) in [6.45, 7) is 3.55. The molecule has 0 aliphatic rings. The van der Waals surface area contributed by atoms with Gasteiger partial charge in [-0.25, -0.2) is 4.98 Å². The zero-order valence-corrected chi connectivity index (χ0v) is 15.4. The van der Waals surface area contributed by atoms with Crippen molar-refractivity contribution in [1.82, 2.24) is 15.2 Å². The van der Waals surface area contributed by atoms with Gasteiger partial charge in [0.2, 0.25) is 0 Å². The topological polar surface area (TPSA) is 104 Å². The van der Waals surface area contributed by atoms with Crippen LogP contribution in [0.3, 0.4) is 0 Å². The fourth-order valence-corrected chi connectivity index (χ4v) is 3.12. The number of oxazole rings is 1. The Kier molecular flexibility index (Phi) is 4.68. The highest BCUT2D eigenvalue weighted by molar-refractivity contribution is 7.99. The Bertz CT molecular complexity index is 1060. The van der Waals surface area contributed by atoms with Crippen LogP contribution in [0.4, 0.5) is 0 Å². The molecular weight excluding hydrogens is 370 g/mol. The third-order valence-electron chi connectivity index (χ3n) is 3.68. The lowest BCUT2D eigenvalue weighted by atomic mass is 10.2. The van der Waals surface area contributed by atoms with Gasteiger partial charge < -0.3 is 18.0 Å². The molecule has 8 nitrogen and oxygen atoms in total. The predicted octanol–water partition coefficient (Wildman–Crippen LogP) is 3.92. The van der Waals surface area contributed by atoms with Crippen LogP contribution in [0.25, 0.3) is 22.6 Å². The molecule has 0 unspecified atom stereocenters. The van der Waals surface area contributed by atoms with Gasteiger partial charge in [0, 0.05) is 0 Å². The predicted molar refractivity (Wildman–Crippen MR) is 96.0 cm³/mol. The van der Waals surface area contributed by atoms with Crippen LogP contribution in [0.1, 0.15) is 17.4 Å². The number of benzene rings is 1. The number of rotatable bonds is 6. The summed E-state index contributed by atoms with van der Waals surface area (Å²) in [5.41, 5.74) is 2.15. The van der Waals surface area contributed by atoms with Gasteiger partial charge in [0.15, 0.2) is 12.2 Å². The van der Waals surface area contributed by atoms with Gasteiger partial charge in [-0.3, -0.25) is 4.79 Å². The van der Waals surface area contributed by atoms with Crippen molar-refractivity contribution in [2.24, 2.45) is 0 Å². The zero-order chi connectivity index (χ0) is 18.8. The first kappa shape index (κ1) is 17.3. The summed E-state index contributed by atoms with van der Waals surface area (Å²) in [5, 5.41) is 8.26. The quantitative estimate of drug-likeness (QED) is 0.360. The fraction of sp³-hybridized carbons (Fsp3) is 0.222. The maximum atomic E-state index is 11.9. The van der Waals surface area contributed by atoms with E-state index in [1.54, 1.807) is 0 Å². The second-order valence-corrected chi connectivity index (χ2v) is 6.65. The highest BCUT2D eigenvalue weighted by atomic mass is 32.2. The summed E-state index contributed by atoms with van der Waals surface area (Å²) in [7, 11) is 0. The summed E-state index contributed by atoms with van der Waals surface area (Å²) in [5.74, 6) is 1.62. The number of aryl methyl sites for hydroxylation is 2. The molecule has 0 aliphatic carbocycles. The van der Waals surface area contributed by atoms with Gasteiger partial charge in [-0.05, 0) is 32.0 Å². The highest BCUT2D eigenvalue weighted by Gasteiger charge is 2.16. The smallest absolute Gasteiger partial charge is 0.316 e. The Morgan fingerprint density at radius 1 is 1.15 bits per heavy atom. The third kappa shape index (κ3) is 3.87. The zero-order valence-electron chi connectivity index (χ0n) is 14.6. The first-order valence-corrected chi connectivity index (χ1v) is 9.11. The number of ether oxygens (including phenoxy) is 1. The van der Waals surface area contributed by atoms with Crippen molar-refractivity contribution in [3.8, 4) is 11.5 Å². The number of hydrogen-bond acceptors (Lipinski definition) is 9. The van der Waals surface area contributed by atoms with E-state index in [1.165, 1.54) is 0 Å². The lowest BCUT2D eigenvalue weighted by molar-refractivity contribution is -0.142. The van der Waals surface area contributed by atoms with Crippen LogP contribution in [0.5, 0.6) is 0 Å². The Labute approximate surface area is 157 Å². The van der Waals surface area contributed by atoms with Gasteiger partial charge in [0.05, 0.1) is 5.56 Å². The molecular formula is C18H15N3O5S. The van der Waals surface area contributed by atoms with E-state index in [1.807, 2.05) is 44.2 Å². The van der Waals surface area contributed by atoms with E-state index in [0.717, 1.165) is 28.6 Å². The van der Waals surface area contributed by atoms with Gasteiger partial charge in [-0.1, -0.05) is 23.9 Å². The molecule has 0 saturated heterocycles. The molecule has 3 heterocycles. The molecule has 0 atom stereocenters. The number of aromatic nitrogens is 3. The van der Waals surface area contributed by atoms with Crippen LogP contribution in [0, 0.1) is 13.8 Å². The molecule has 138 valence electrons. The SMILES string of the molecule is Cc1cc(-c2nnc(COC(=O)CSc3nc4ccccc4o3)o2)c(C)o1. The van der Waals surface area contributed by atoms with Crippen LogP contribution in [0.2, 0.25) is 0 Å². The average Bonchev–Trinajstić information content (AvgIpc) is 3.35. The molecule has 0 saturated carbocycles. The van der Waals surface area contributed by atoms with Gasteiger partial charge in [-0.15, -0.1) is 10.2 Å². The molecule has 27 heavy (non-hydrogen) atoms. The van der Waals surface area contributed by atoms with E-state index in [0.29, 0.717) is 22.5 Å². The number of fused-ring (bicyclic) bond motifs is 1. The summed E-state index contributed by atoms with van der Waals surface area (Å²) in [4.78, 5) is 16.2. The van der Waals surface area contributed by atoms with E-state index < -0.39 is 5.97 Å². The fourth-order valence-electron chi connectivity index (χ4n) is 2.48. The summed E-state index contributed by atoms with van der Waals surface area (Å²) in [6, 6.07) is 9.22. The molecule has 0 fully saturated rings. The number of esters is 1. The van der Waals surface area contributed by atoms with Crippen molar-refractivity contribution in [1.29, 1.82) is 0 Å². The minimum Gasteiger partial charge on any atom is -0.466 e. The van der Waals surface area contributed by atoms with Gasteiger partial charge >= 0.3 is 5.97 Å². The Morgan fingerprint density at radius 2 is 2.00 bits per heavy atom. The molecule has 9 heteroatoms. The molecule has 0 bridgehead atoms. The number of furan rings is 1. The Morgan fingerprint density at radius 3 is 2.78 bits per heavy atom. The number of hydrogen-bond donors (Lipinski definition) is 0. The number of para-hydroxylation sites is 2. The van der Waals surface area contributed by atoms with Crippen molar-refractivity contribution in [2.75, 3.05) is 5.75 Å². The van der Waals surface area contributed by atoms with Crippen LogP contribution < -0.4 is 0 Å². The van der Waals surface area contributed by atoms with Crippen molar-refractivity contribution in [3.05, 3.63) is 47.7 Å². The Balaban J connectivity index is 1.31. The molecule has 3 aromatic heterocycles. The molecule has 0 spiro atoms. The number of carbonyl (C=O) groups excluding carboxylic acids is 1. The van der Waals surface area contributed by atoms with Crippen molar-refractivity contribution in [2.45, 2.75) is 25.7 Å². The van der Waals surface area contributed by atoms with E-state index in [4.69, 9.17) is 18.0 Å². The van der Waals surface area contributed by atoms with Gasteiger partial charge in [0.25, 0.3) is 17.0 Å². The minimum absolute atomic E-state index is 0.0633. The Hall–Kier alpha value is -3.07. The lowest BCUT2D eigenvalue weighted by Crippen LogP contribution is -2.07. The number of nitrogens with zero attached hydrogens (tertiary/aromatic N) is 3. The normalized spacial score (nSPS) is 11.2. The number of carbonyl (C=O) groups is 1. The van der Waals surface area contributed by atoms with Crippen LogP contribution in [-0.2, 0) is 16.1 Å². The maximum Gasteiger partial charge on any atom is 0.316 e. The van der Waals surface area contributed by atoms with E-state index in [-0.39, 0.29) is 18.3 Å². The van der Waals surface area contributed by atoms with E-state index in [2.05, 4.69) is 15.2 Å². The van der Waals surface area contributed by atoms with Crippen molar-refractivity contribution in [3.63, 3.8) is 0 Å². The summed E-state index contributed by atoms with van der Waals surface area (Å²) >= 11 is 1.16. The second kappa shape index (κ2) is 7.28. The molecule has 0 aliphatic heterocycles. The average molecular weight is 385 g/mol. The molecule has 1 aromatic carbocycles. The van der Waals surface area contributed by atoms with Crippen LogP contribution in [0.15, 0.2) is 48.8 Å². The molecule has 4 rings (SSSR count). The molecule has 0 radical (unpaired) electrons. The number of thioether (sulfide) groups is 1. The minimum atomic E-state index is -0.433. The van der Waals surface area contributed by atoms with Crippen molar-refractivity contribution >= 4 is 28.8 Å². The first-order valence-electron chi connectivity index (χ1n) is 8.12. The lowest BCUT2D eigenvalue weighted by Gasteiger charge is -1.99. The molecule has 0 N–H and O–H groups in total. The third-order valence-corrected chi connectivity index (χ3v) is 4.48. The van der Waals surface area contributed by atoms with E-state index in [9.17, 15) is 4.79 Å². The largest absolute Gasteiger partial charge is 0.466 e. The maximum absolute atomic E-state index is 11.9. The van der Waals surface area contributed by atoms with Gasteiger partial charge in [0.1, 0.15) is 22.8 Å². The summed E-state index contributed by atoms with van der Waals surface area (Å²) in [6.07, 6.45) is 0. The highest BCUT2D eigenvalue weighted by Crippen LogP contribution is 2.26. The standard InChI is InChI=1S/C18H15N3O5S/c1-10-7-12(11(2)24-10)17-21-20-15(26-17)8-23-16(22)9-27-18-19-13-5-3-4-6-14(13)25-18/h3-7H,8-9H2,1-2H3. The van der Waals surface area contributed by atoms with Crippen LogP contribution in [-0.4, -0.2) is 26.9 Å². The second-order valence-electron chi connectivity index (χ2n) is 5.72. The van der Waals surface area contributed by atoms with Gasteiger partial charge in [-0.2, -0.15) is 0 Å². The first-order chi connectivity index (χ1) is 13.1. The van der Waals surface area contributed by atoms with Crippen LogP contribution >= 0.6 is 11.8 Å². The van der Waals surface area contributed by atoms with Crippen molar-refractivity contribution < 1.29 is 22.8 Å².